The molecule has 0 amide bonds. The van der Waals surface area contributed by atoms with Crippen LogP contribution in [0.2, 0.25) is 0 Å². The molecule has 0 spiro atoms. The fraction of sp³-hybridized carbons (Fsp3) is 0.0714. The van der Waals surface area contributed by atoms with Gasteiger partial charge in [-0.2, -0.15) is 8.42 Å². The lowest BCUT2D eigenvalue weighted by Gasteiger charge is -2.10. The van der Waals surface area contributed by atoms with Gasteiger partial charge >= 0.3 is 0 Å². The van der Waals surface area contributed by atoms with Crippen molar-refractivity contribution in [3.8, 4) is 23.0 Å². The third-order valence-corrected chi connectivity index (χ3v) is 6.20. The zero-order valence-electron chi connectivity index (χ0n) is 20.4. The van der Waals surface area contributed by atoms with Crippen molar-refractivity contribution < 1.29 is 42.2 Å². The summed E-state index contributed by atoms with van der Waals surface area (Å²) in [6.45, 7) is 0. The van der Waals surface area contributed by atoms with Crippen LogP contribution < -0.4 is 9.47 Å². The molecule has 4 rings (SSSR count). The number of hydrogen-bond acceptors (Lipinski definition) is 8. The number of rotatable bonds is 7. The smallest absolute Gasteiger partial charge is 0.298 e. The van der Waals surface area contributed by atoms with Crippen molar-refractivity contribution in [2.24, 2.45) is 0 Å². The molecule has 0 unspecified atom stereocenters. The Bertz CT molecular complexity index is 1550. The van der Waals surface area contributed by atoms with Crippen LogP contribution in [-0.2, 0) is 10.1 Å². The zero-order valence-corrected chi connectivity index (χ0v) is 21.2. The van der Waals surface area contributed by atoms with E-state index >= 15 is 0 Å². The number of ether oxygens (including phenoxy) is 2. The largest absolute Gasteiger partial charge is 0.507 e. The van der Waals surface area contributed by atoms with E-state index in [-0.39, 0.29) is 34.0 Å². The molecular formula is C28H24O9S. The Morgan fingerprint density at radius 1 is 0.658 bits per heavy atom. The molecule has 0 saturated carbocycles. The van der Waals surface area contributed by atoms with E-state index in [1.54, 1.807) is 54.6 Å². The fourth-order valence-corrected chi connectivity index (χ4v) is 4.08. The van der Waals surface area contributed by atoms with Gasteiger partial charge in [-0.1, -0.05) is 60.7 Å². The van der Waals surface area contributed by atoms with E-state index in [4.69, 9.17) is 14.0 Å². The summed E-state index contributed by atoms with van der Waals surface area (Å²) in [5.41, 5.74) is 0.860. The third kappa shape index (κ3) is 6.55. The maximum atomic E-state index is 12.3. The molecule has 9 nitrogen and oxygen atoms in total. The monoisotopic (exact) mass is 536 g/mol. The van der Waals surface area contributed by atoms with E-state index in [1.165, 1.54) is 32.4 Å². The second-order valence-electron chi connectivity index (χ2n) is 7.77. The summed E-state index contributed by atoms with van der Waals surface area (Å²) in [4.78, 5) is 23.8. The number of methoxy groups -OCH3 is 2. The van der Waals surface area contributed by atoms with Crippen molar-refractivity contribution in [1.82, 2.24) is 0 Å². The quantitative estimate of drug-likeness (QED) is 0.229. The first kappa shape index (κ1) is 27.9. The summed E-state index contributed by atoms with van der Waals surface area (Å²) < 4.78 is 41.6. The Balaban J connectivity index is 0.000000215. The predicted molar refractivity (Wildman–Crippen MR) is 139 cm³/mol. The number of aromatic hydroxyl groups is 2. The maximum absolute atomic E-state index is 12.3. The van der Waals surface area contributed by atoms with E-state index in [0.29, 0.717) is 11.3 Å². The molecule has 0 saturated heterocycles. The molecular weight excluding hydrogens is 512 g/mol. The lowest BCUT2D eigenvalue weighted by Crippen LogP contribution is -2.07. The highest BCUT2D eigenvalue weighted by Gasteiger charge is 2.23. The molecule has 0 radical (unpaired) electrons. The summed E-state index contributed by atoms with van der Waals surface area (Å²) in [5, 5.41) is 19.6. The van der Waals surface area contributed by atoms with Crippen molar-refractivity contribution in [2.75, 3.05) is 14.2 Å². The summed E-state index contributed by atoms with van der Waals surface area (Å²) >= 11 is 0. The molecule has 0 heterocycles. The Hall–Kier alpha value is -4.67. The van der Waals surface area contributed by atoms with Crippen molar-refractivity contribution >= 4 is 21.7 Å². The standard InChI is InChI=1S/C14H12O6S.C14H12O3/c1-20-12-8-11(15)10(7-13(12)21(17,18)19)14(16)9-5-3-2-4-6-9;1-17-11-7-8-12(13(15)9-11)14(16)10-5-3-2-4-6-10/h2-8,15H,1H3,(H,17,18,19);2-9,15H,1H3. The van der Waals surface area contributed by atoms with Gasteiger partial charge in [-0.05, 0) is 18.2 Å². The van der Waals surface area contributed by atoms with Crippen LogP contribution in [0, 0.1) is 0 Å². The molecule has 0 atom stereocenters. The highest BCUT2D eigenvalue weighted by molar-refractivity contribution is 7.86. The van der Waals surface area contributed by atoms with Gasteiger partial charge in [0.15, 0.2) is 11.6 Å². The van der Waals surface area contributed by atoms with Gasteiger partial charge in [0, 0.05) is 23.3 Å². The average Bonchev–Trinajstić information content (AvgIpc) is 2.92. The van der Waals surface area contributed by atoms with E-state index in [1.807, 2.05) is 6.07 Å². The first-order valence-electron chi connectivity index (χ1n) is 11.0. The number of ketones is 2. The third-order valence-electron chi connectivity index (χ3n) is 5.33. The minimum atomic E-state index is -4.59. The average molecular weight is 537 g/mol. The van der Waals surface area contributed by atoms with Gasteiger partial charge in [-0.25, -0.2) is 0 Å². The van der Waals surface area contributed by atoms with Gasteiger partial charge < -0.3 is 19.7 Å². The van der Waals surface area contributed by atoms with Crippen LogP contribution in [0.4, 0.5) is 0 Å². The highest BCUT2D eigenvalue weighted by Crippen LogP contribution is 2.32. The van der Waals surface area contributed by atoms with Crippen LogP contribution in [0.25, 0.3) is 0 Å². The number of phenolic OH excluding ortho intramolecular Hbond substituents is 2. The molecule has 0 bridgehead atoms. The van der Waals surface area contributed by atoms with Gasteiger partial charge in [0.1, 0.15) is 27.9 Å². The van der Waals surface area contributed by atoms with Gasteiger partial charge in [0.25, 0.3) is 10.1 Å². The van der Waals surface area contributed by atoms with Crippen LogP contribution in [0.5, 0.6) is 23.0 Å². The van der Waals surface area contributed by atoms with Gasteiger partial charge in [-0.15, -0.1) is 0 Å². The second kappa shape index (κ2) is 12.0. The zero-order chi connectivity index (χ0) is 27.9. The summed E-state index contributed by atoms with van der Waals surface area (Å²) in [6, 6.07) is 23.4. The second-order valence-corrected chi connectivity index (χ2v) is 9.16. The molecule has 3 N–H and O–H groups in total. The van der Waals surface area contributed by atoms with Crippen LogP contribution in [0.15, 0.2) is 95.9 Å². The highest BCUT2D eigenvalue weighted by atomic mass is 32.2. The predicted octanol–water partition coefficient (Wildman–Crippen LogP) is 4.51. The SMILES string of the molecule is COc1cc(O)c(C(=O)c2ccccc2)cc1S(=O)(=O)O.COc1ccc(C(=O)c2ccccc2)c(O)c1. The Kier molecular flexibility index (Phi) is 8.85. The van der Waals surface area contributed by atoms with Crippen molar-refractivity contribution in [3.63, 3.8) is 0 Å². The first-order valence-corrected chi connectivity index (χ1v) is 12.5. The van der Waals surface area contributed by atoms with Crippen molar-refractivity contribution in [3.05, 3.63) is 113 Å². The minimum absolute atomic E-state index is 0.0711. The van der Waals surface area contributed by atoms with Crippen molar-refractivity contribution in [1.29, 1.82) is 0 Å². The summed E-state index contributed by atoms with van der Waals surface area (Å²) in [7, 11) is -1.90. The Morgan fingerprint density at radius 3 is 1.61 bits per heavy atom. The van der Waals surface area contributed by atoms with Crippen molar-refractivity contribution in [2.45, 2.75) is 4.90 Å². The van der Waals surface area contributed by atoms with Gasteiger partial charge in [-0.3, -0.25) is 14.1 Å². The van der Waals surface area contributed by atoms with E-state index in [2.05, 4.69) is 0 Å². The van der Waals surface area contributed by atoms with Gasteiger partial charge in [0.2, 0.25) is 0 Å². The molecule has 38 heavy (non-hydrogen) atoms. The fourth-order valence-electron chi connectivity index (χ4n) is 3.41. The number of phenols is 2. The van der Waals surface area contributed by atoms with E-state index in [9.17, 15) is 28.2 Å². The van der Waals surface area contributed by atoms with E-state index < -0.39 is 26.5 Å². The lowest BCUT2D eigenvalue weighted by molar-refractivity contribution is 0.102. The molecule has 0 aliphatic heterocycles. The molecule has 196 valence electrons. The van der Waals surface area contributed by atoms with Gasteiger partial charge in [0.05, 0.1) is 25.3 Å². The molecule has 0 aromatic heterocycles. The first-order chi connectivity index (χ1) is 18.1. The topological polar surface area (TPSA) is 147 Å². The number of benzene rings is 4. The molecule has 4 aromatic rings. The molecule has 0 aliphatic carbocycles. The lowest BCUT2D eigenvalue weighted by atomic mass is 10.0. The van der Waals surface area contributed by atoms with Crippen LogP contribution in [0.3, 0.4) is 0 Å². The normalized spacial score (nSPS) is 10.6. The Labute approximate surface area is 219 Å². The molecule has 0 fully saturated rings. The number of carbonyl (C=O) groups excluding carboxylic acids is 2. The molecule has 0 aliphatic rings. The number of carbonyl (C=O) groups is 2. The minimum Gasteiger partial charge on any atom is -0.507 e. The van der Waals surface area contributed by atoms with E-state index in [0.717, 1.165) is 12.1 Å². The van der Waals surface area contributed by atoms with Crippen LogP contribution in [0.1, 0.15) is 31.8 Å². The van der Waals surface area contributed by atoms with Crippen LogP contribution >= 0.6 is 0 Å². The molecule has 4 aromatic carbocycles. The Morgan fingerprint density at radius 2 is 1.16 bits per heavy atom. The van der Waals surface area contributed by atoms with Crippen LogP contribution in [-0.4, -0.2) is 49.0 Å². The maximum Gasteiger partial charge on any atom is 0.298 e. The number of hydrogen-bond donors (Lipinski definition) is 3. The summed E-state index contributed by atoms with van der Waals surface area (Å²) in [6.07, 6.45) is 0. The molecule has 10 heteroatoms. The summed E-state index contributed by atoms with van der Waals surface area (Å²) in [5.74, 6) is -1.01.